The first-order valence-electron chi connectivity index (χ1n) is 35.5. The first kappa shape index (κ1) is 79.8. The second kappa shape index (κ2) is 56.7. The number of carbonyl (C=O) groups excluding carboxylic acids is 1. The van der Waals surface area contributed by atoms with Crippen LogP contribution in [0, 0.1) is 0 Å². The zero-order valence-electron chi connectivity index (χ0n) is 54.6. The van der Waals surface area contributed by atoms with E-state index in [0.717, 1.165) is 64.2 Å². The molecular weight excluding hydrogens is 1090 g/mol. The Morgan fingerprint density at radius 2 is 0.802 bits per heavy atom. The van der Waals surface area contributed by atoms with Crippen LogP contribution in [0.5, 0.6) is 0 Å². The number of aliphatic hydroxyl groups is 8. The lowest BCUT2D eigenvalue weighted by Crippen LogP contribution is -2.65. The Kier molecular flexibility index (Phi) is 52.6. The molecular formula is C72H131NO13. The molecule has 0 aromatic rings. The van der Waals surface area contributed by atoms with E-state index in [2.05, 4.69) is 67.8 Å². The standard InChI is InChI=1S/C72H131NO13/c1-3-5-7-9-11-13-15-17-19-20-21-22-23-24-25-26-27-28-29-30-31-32-33-34-35-36-37-38-39-40-42-44-46-48-50-52-54-56-64(77)73-60(61(76)55-53-51-49-47-45-43-41-18-16-14-12-10-8-6-4-2)59-83-71-69(82)67(80)70(63(58-75)85-71)86-72-68(81)66(79)65(78)62(57-74)84-72/h5,7,11,13,17,19,21-22,53,55,60-63,65-72,74-76,78-82H,3-4,6,8-10,12,14-16,18,20,23-52,54,56-59H2,1-2H3,(H,73,77)/b7-5-,13-11-,19-17-,22-21-,55-53+. The lowest BCUT2D eigenvalue weighted by atomic mass is 9.97. The zero-order valence-corrected chi connectivity index (χ0v) is 54.6. The number of rotatable bonds is 58. The largest absolute Gasteiger partial charge is 0.394 e. The Morgan fingerprint density at radius 3 is 1.23 bits per heavy atom. The number of aliphatic hydroxyl groups excluding tert-OH is 8. The van der Waals surface area contributed by atoms with Crippen molar-refractivity contribution in [3.63, 3.8) is 0 Å². The van der Waals surface area contributed by atoms with Crippen LogP contribution in [0.25, 0.3) is 0 Å². The minimum absolute atomic E-state index is 0.235. The number of ether oxygens (including phenoxy) is 4. The highest BCUT2D eigenvalue weighted by Crippen LogP contribution is 2.30. The zero-order chi connectivity index (χ0) is 62.3. The van der Waals surface area contributed by atoms with Crippen molar-refractivity contribution in [1.82, 2.24) is 5.32 Å². The molecule has 2 fully saturated rings. The predicted octanol–water partition coefficient (Wildman–Crippen LogP) is 14.5. The lowest BCUT2D eigenvalue weighted by molar-refractivity contribution is -0.359. The highest BCUT2D eigenvalue weighted by molar-refractivity contribution is 5.76. The number of hydrogen-bond donors (Lipinski definition) is 9. The Balaban J connectivity index is 1.58. The fourth-order valence-electron chi connectivity index (χ4n) is 11.6. The molecule has 2 heterocycles. The van der Waals surface area contributed by atoms with E-state index < -0.39 is 86.8 Å². The van der Waals surface area contributed by atoms with Gasteiger partial charge in [0.2, 0.25) is 5.91 Å². The van der Waals surface area contributed by atoms with Crippen molar-refractivity contribution in [2.24, 2.45) is 0 Å². The summed E-state index contributed by atoms with van der Waals surface area (Å²) in [5, 5.41) is 87.3. The van der Waals surface area contributed by atoms with Crippen molar-refractivity contribution in [2.75, 3.05) is 19.8 Å². The first-order valence-corrected chi connectivity index (χ1v) is 35.5. The average molecular weight is 1220 g/mol. The minimum atomic E-state index is -1.79. The Morgan fingerprint density at radius 1 is 0.430 bits per heavy atom. The molecule has 502 valence electrons. The van der Waals surface area contributed by atoms with Crippen molar-refractivity contribution in [1.29, 1.82) is 0 Å². The molecule has 0 radical (unpaired) electrons. The molecule has 0 aromatic carbocycles. The molecule has 0 aliphatic carbocycles. The van der Waals surface area contributed by atoms with Gasteiger partial charge in [-0.1, -0.05) is 293 Å². The number of hydrogen-bond acceptors (Lipinski definition) is 13. The predicted molar refractivity (Wildman–Crippen MR) is 350 cm³/mol. The van der Waals surface area contributed by atoms with Crippen LogP contribution in [0.2, 0.25) is 0 Å². The normalized spacial score (nSPS) is 23.7. The molecule has 86 heavy (non-hydrogen) atoms. The van der Waals surface area contributed by atoms with E-state index in [4.69, 9.17) is 18.9 Å². The number of allylic oxidation sites excluding steroid dienone is 9. The van der Waals surface area contributed by atoms with Gasteiger partial charge in [-0.3, -0.25) is 4.79 Å². The van der Waals surface area contributed by atoms with Crippen molar-refractivity contribution in [3.8, 4) is 0 Å². The molecule has 2 aliphatic rings. The molecule has 2 rings (SSSR count). The van der Waals surface area contributed by atoms with E-state index in [1.54, 1.807) is 6.08 Å². The van der Waals surface area contributed by atoms with E-state index in [-0.39, 0.29) is 18.9 Å². The van der Waals surface area contributed by atoms with Crippen LogP contribution in [0.15, 0.2) is 60.8 Å². The molecule has 2 aliphatic heterocycles. The van der Waals surface area contributed by atoms with E-state index in [0.29, 0.717) is 6.42 Å². The van der Waals surface area contributed by atoms with Crippen LogP contribution in [-0.4, -0.2) is 140 Å². The maximum Gasteiger partial charge on any atom is 0.220 e. The molecule has 2 saturated heterocycles. The van der Waals surface area contributed by atoms with Gasteiger partial charge in [-0.05, 0) is 57.8 Å². The topological polar surface area (TPSA) is 228 Å². The summed E-state index contributed by atoms with van der Waals surface area (Å²) in [5.74, 6) is -0.235. The maximum atomic E-state index is 13.3. The number of carbonyl (C=O) groups is 1. The quantitative estimate of drug-likeness (QED) is 0.0204. The monoisotopic (exact) mass is 1220 g/mol. The van der Waals surface area contributed by atoms with E-state index in [9.17, 15) is 45.6 Å². The van der Waals surface area contributed by atoms with Crippen molar-refractivity contribution in [3.05, 3.63) is 60.8 Å². The lowest BCUT2D eigenvalue weighted by Gasteiger charge is -2.46. The molecule has 14 heteroatoms. The van der Waals surface area contributed by atoms with Crippen LogP contribution >= 0.6 is 0 Å². The summed E-state index contributed by atoms with van der Waals surface area (Å²) in [7, 11) is 0. The summed E-state index contributed by atoms with van der Waals surface area (Å²) in [4.78, 5) is 13.3. The third-order valence-electron chi connectivity index (χ3n) is 17.2. The molecule has 9 N–H and O–H groups in total. The molecule has 1 amide bonds. The van der Waals surface area contributed by atoms with Crippen molar-refractivity contribution in [2.45, 2.75) is 370 Å². The second-order valence-electron chi connectivity index (χ2n) is 25.0. The van der Waals surface area contributed by atoms with Crippen LogP contribution < -0.4 is 5.32 Å². The number of amides is 1. The number of nitrogens with one attached hydrogen (secondary N) is 1. The van der Waals surface area contributed by atoms with Crippen LogP contribution in [0.4, 0.5) is 0 Å². The fourth-order valence-corrected chi connectivity index (χ4v) is 11.6. The van der Waals surface area contributed by atoms with Crippen molar-refractivity contribution < 1.29 is 64.6 Å². The van der Waals surface area contributed by atoms with Crippen LogP contribution in [0.3, 0.4) is 0 Å². The van der Waals surface area contributed by atoms with E-state index >= 15 is 0 Å². The SMILES string of the molecule is CC/C=C\C/C=C\C/C=C\C/C=C\CCCCCCCCCCCCCCCCCCCCCCCCCCC(=O)NC(COC1OC(CO)C(OC2OC(CO)C(O)C(O)C2O)C(O)C1O)C(O)/C=C/CCCCCCCCCCCCCCC. The summed E-state index contributed by atoms with van der Waals surface area (Å²) in [6, 6.07) is -0.914. The van der Waals surface area contributed by atoms with Gasteiger partial charge in [-0.15, -0.1) is 0 Å². The number of unbranched alkanes of at least 4 members (excludes halogenated alkanes) is 37. The van der Waals surface area contributed by atoms with Crippen LogP contribution in [0.1, 0.15) is 296 Å². The van der Waals surface area contributed by atoms with E-state index in [1.165, 1.54) is 205 Å². The minimum Gasteiger partial charge on any atom is -0.394 e. The fraction of sp³-hybridized carbons (Fsp3) is 0.847. The Labute approximate surface area is 524 Å². The molecule has 12 unspecified atom stereocenters. The highest BCUT2D eigenvalue weighted by atomic mass is 16.7. The van der Waals surface area contributed by atoms with Crippen LogP contribution in [-0.2, 0) is 23.7 Å². The second-order valence-corrected chi connectivity index (χ2v) is 25.0. The Hall–Kier alpha value is -2.31. The molecule has 0 aromatic heterocycles. The summed E-state index contributed by atoms with van der Waals surface area (Å²) in [5.41, 5.74) is 0. The molecule has 0 saturated carbocycles. The van der Waals surface area contributed by atoms with Gasteiger partial charge in [0, 0.05) is 6.42 Å². The third-order valence-corrected chi connectivity index (χ3v) is 17.2. The molecule has 14 nitrogen and oxygen atoms in total. The summed E-state index contributed by atoms with van der Waals surface area (Å²) < 4.78 is 22.8. The van der Waals surface area contributed by atoms with E-state index in [1.807, 2.05) is 6.08 Å². The molecule has 0 bridgehead atoms. The average Bonchev–Trinajstić information content (AvgIpc) is 1.83. The summed E-state index contributed by atoms with van der Waals surface area (Å²) in [6.07, 6.45) is 58.7. The third kappa shape index (κ3) is 40.4. The van der Waals surface area contributed by atoms with Gasteiger partial charge < -0.3 is 65.1 Å². The van der Waals surface area contributed by atoms with Gasteiger partial charge >= 0.3 is 0 Å². The van der Waals surface area contributed by atoms with Gasteiger partial charge in [0.05, 0.1) is 32.0 Å². The summed E-state index contributed by atoms with van der Waals surface area (Å²) in [6.45, 7) is 2.71. The van der Waals surface area contributed by atoms with Gasteiger partial charge in [-0.2, -0.15) is 0 Å². The molecule has 12 atom stereocenters. The molecule has 0 spiro atoms. The smallest absolute Gasteiger partial charge is 0.220 e. The summed E-state index contributed by atoms with van der Waals surface area (Å²) >= 11 is 0. The Bertz CT molecular complexity index is 1670. The van der Waals surface area contributed by atoms with Gasteiger partial charge in [0.1, 0.15) is 48.8 Å². The maximum absolute atomic E-state index is 13.3. The van der Waals surface area contributed by atoms with Crippen molar-refractivity contribution >= 4 is 5.91 Å². The highest BCUT2D eigenvalue weighted by Gasteiger charge is 2.51. The first-order chi connectivity index (χ1) is 42.1. The van der Waals surface area contributed by atoms with Gasteiger partial charge in [-0.25, -0.2) is 0 Å². The van der Waals surface area contributed by atoms with Gasteiger partial charge in [0.15, 0.2) is 12.6 Å². The van der Waals surface area contributed by atoms with Gasteiger partial charge in [0.25, 0.3) is 0 Å².